The van der Waals surface area contributed by atoms with Crippen molar-refractivity contribution in [1.82, 2.24) is 25.0 Å². The Hall–Kier alpha value is -2.96. The number of nitrogens with one attached hydrogen (secondary N) is 2. The molecule has 0 bridgehead atoms. The molecule has 0 saturated heterocycles. The van der Waals surface area contributed by atoms with Gasteiger partial charge in [-0.1, -0.05) is 0 Å². The predicted octanol–water partition coefficient (Wildman–Crippen LogP) is 2.31. The van der Waals surface area contributed by atoms with Gasteiger partial charge in [0.25, 0.3) is 0 Å². The summed E-state index contributed by atoms with van der Waals surface area (Å²) in [5, 5.41) is 14.0. The van der Waals surface area contributed by atoms with Crippen LogP contribution in [-0.2, 0) is 11.3 Å². The Morgan fingerprint density at radius 1 is 1.26 bits per heavy atom. The van der Waals surface area contributed by atoms with Gasteiger partial charge in [-0.2, -0.15) is 10.2 Å². The maximum atomic E-state index is 12.0. The van der Waals surface area contributed by atoms with Gasteiger partial charge in [-0.15, -0.1) is 0 Å². The normalized spacial score (nSPS) is 10.7. The molecule has 0 aliphatic carbocycles. The summed E-state index contributed by atoms with van der Waals surface area (Å²) in [6.07, 6.45) is 4.07. The molecule has 7 nitrogen and oxygen atoms in total. The number of hydrogen-bond acceptors (Lipinski definition) is 4. The molecule has 23 heavy (non-hydrogen) atoms. The fraction of sp³-hybridized carbons (Fsp3) is 0.250. The highest BCUT2D eigenvalue weighted by Crippen LogP contribution is 2.17. The molecule has 1 amide bonds. The minimum Gasteiger partial charge on any atom is -0.326 e. The first kappa shape index (κ1) is 15.0. The van der Waals surface area contributed by atoms with E-state index in [0.717, 1.165) is 22.6 Å². The summed E-state index contributed by atoms with van der Waals surface area (Å²) < 4.78 is 1.77. The van der Waals surface area contributed by atoms with Gasteiger partial charge in [-0.25, -0.2) is 4.98 Å². The van der Waals surface area contributed by atoms with Crippen LogP contribution in [0.1, 0.15) is 17.8 Å². The van der Waals surface area contributed by atoms with Crippen molar-refractivity contribution < 1.29 is 4.79 Å². The van der Waals surface area contributed by atoms with E-state index in [-0.39, 0.29) is 5.91 Å². The van der Waals surface area contributed by atoms with Crippen LogP contribution in [0.15, 0.2) is 36.7 Å². The highest BCUT2D eigenvalue weighted by molar-refractivity contribution is 5.90. The molecule has 0 aliphatic heterocycles. The second-order valence-electron chi connectivity index (χ2n) is 5.40. The van der Waals surface area contributed by atoms with Crippen molar-refractivity contribution in [1.29, 1.82) is 0 Å². The van der Waals surface area contributed by atoms with Gasteiger partial charge < -0.3 is 5.32 Å². The molecule has 0 unspecified atom stereocenters. The van der Waals surface area contributed by atoms with Crippen LogP contribution in [0.3, 0.4) is 0 Å². The second kappa shape index (κ2) is 6.43. The topological polar surface area (TPSA) is 88.5 Å². The number of hydrogen-bond donors (Lipinski definition) is 2. The average Bonchev–Trinajstić information content (AvgIpc) is 3.15. The van der Waals surface area contributed by atoms with Gasteiger partial charge in [-0.3, -0.25) is 14.6 Å². The molecule has 2 N–H and O–H groups in total. The highest BCUT2D eigenvalue weighted by atomic mass is 16.1. The van der Waals surface area contributed by atoms with Gasteiger partial charge in [0.1, 0.15) is 5.82 Å². The first-order valence-corrected chi connectivity index (χ1v) is 7.38. The van der Waals surface area contributed by atoms with E-state index in [0.29, 0.717) is 18.8 Å². The van der Waals surface area contributed by atoms with Crippen LogP contribution in [0.25, 0.3) is 11.4 Å². The average molecular weight is 310 g/mol. The summed E-state index contributed by atoms with van der Waals surface area (Å²) in [5.41, 5.74) is 2.74. The number of amides is 1. The molecule has 0 radical (unpaired) electrons. The number of aryl methyl sites for hydroxylation is 3. The van der Waals surface area contributed by atoms with Crippen LogP contribution < -0.4 is 5.32 Å². The lowest BCUT2D eigenvalue weighted by Crippen LogP contribution is -2.14. The lowest BCUT2D eigenvalue weighted by atomic mass is 10.2. The summed E-state index contributed by atoms with van der Waals surface area (Å²) in [7, 11) is 0. The third-order valence-corrected chi connectivity index (χ3v) is 3.35. The molecule has 2 aromatic heterocycles. The smallest absolute Gasteiger partial charge is 0.226 e. The Labute approximate surface area is 133 Å². The number of benzene rings is 1. The summed E-state index contributed by atoms with van der Waals surface area (Å²) in [5.74, 6) is 1.38. The third kappa shape index (κ3) is 3.82. The van der Waals surface area contributed by atoms with Crippen molar-refractivity contribution >= 4 is 11.6 Å². The minimum atomic E-state index is -0.0420. The molecule has 0 fully saturated rings. The van der Waals surface area contributed by atoms with Crippen molar-refractivity contribution in [2.45, 2.75) is 26.8 Å². The predicted molar refractivity (Wildman–Crippen MR) is 86.8 cm³/mol. The van der Waals surface area contributed by atoms with Gasteiger partial charge in [0.15, 0.2) is 5.82 Å². The van der Waals surface area contributed by atoms with Crippen LogP contribution in [0, 0.1) is 13.8 Å². The number of aromatic nitrogens is 5. The number of carbonyl (C=O) groups excluding carboxylic acids is 1. The highest BCUT2D eigenvalue weighted by Gasteiger charge is 2.06. The van der Waals surface area contributed by atoms with Gasteiger partial charge >= 0.3 is 0 Å². The Morgan fingerprint density at radius 2 is 2.04 bits per heavy atom. The van der Waals surface area contributed by atoms with Crippen molar-refractivity contribution in [3.8, 4) is 11.4 Å². The van der Waals surface area contributed by atoms with E-state index in [1.807, 2.05) is 44.3 Å². The second-order valence-corrected chi connectivity index (χ2v) is 5.40. The standard InChI is InChI=1S/C16H18N6O/c1-11-9-17-22(10-11)8-7-15(23)19-14-5-3-13(4-6-14)16-18-12(2)20-21-16/h3-6,9-10H,7-8H2,1-2H3,(H,19,23)(H,18,20,21). The van der Waals surface area contributed by atoms with Gasteiger partial charge in [0.2, 0.25) is 5.91 Å². The number of aromatic amines is 1. The SMILES string of the molecule is Cc1cnn(CCC(=O)Nc2ccc(-c3n[nH]c(C)n3)cc2)c1. The van der Waals surface area contributed by atoms with Crippen molar-refractivity contribution in [3.05, 3.63) is 48.0 Å². The number of anilines is 1. The third-order valence-electron chi connectivity index (χ3n) is 3.35. The molecule has 118 valence electrons. The molecule has 0 atom stereocenters. The summed E-state index contributed by atoms with van der Waals surface area (Å²) >= 11 is 0. The molecular weight excluding hydrogens is 292 g/mol. The summed E-state index contributed by atoms with van der Waals surface area (Å²) in [6, 6.07) is 7.46. The molecule has 1 aromatic carbocycles. The van der Waals surface area contributed by atoms with E-state index in [1.165, 1.54) is 0 Å². The van der Waals surface area contributed by atoms with Gasteiger partial charge in [-0.05, 0) is 43.7 Å². The summed E-state index contributed by atoms with van der Waals surface area (Å²) in [6.45, 7) is 4.39. The van der Waals surface area contributed by atoms with E-state index in [4.69, 9.17) is 0 Å². The fourth-order valence-corrected chi connectivity index (χ4v) is 2.20. The zero-order valence-corrected chi connectivity index (χ0v) is 13.1. The Morgan fingerprint density at radius 3 is 2.65 bits per heavy atom. The quantitative estimate of drug-likeness (QED) is 0.757. The number of nitrogens with zero attached hydrogens (tertiary/aromatic N) is 4. The summed E-state index contributed by atoms with van der Waals surface area (Å²) in [4.78, 5) is 16.2. The largest absolute Gasteiger partial charge is 0.326 e. The molecule has 3 rings (SSSR count). The molecule has 3 aromatic rings. The van der Waals surface area contributed by atoms with Crippen LogP contribution in [0.4, 0.5) is 5.69 Å². The lowest BCUT2D eigenvalue weighted by Gasteiger charge is -2.06. The van der Waals surface area contributed by atoms with E-state index >= 15 is 0 Å². The molecule has 0 saturated carbocycles. The Kier molecular flexibility index (Phi) is 4.18. The van der Waals surface area contributed by atoms with Crippen LogP contribution in [0.2, 0.25) is 0 Å². The fourth-order valence-electron chi connectivity index (χ4n) is 2.20. The van der Waals surface area contributed by atoms with Crippen molar-refractivity contribution in [3.63, 3.8) is 0 Å². The number of carbonyl (C=O) groups is 1. The monoisotopic (exact) mass is 310 g/mol. The maximum absolute atomic E-state index is 12.0. The van der Waals surface area contributed by atoms with E-state index in [9.17, 15) is 4.79 Å². The molecular formula is C16H18N6O. The van der Waals surface area contributed by atoms with E-state index < -0.39 is 0 Å². The van der Waals surface area contributed by atoms with E-state index in [1.54, 1.807) is 10.9 Å². The first-order chi connectivity index (χ1) is 11.1. The van der Waals surface area contributed by atoms with Crippen molar-refractivity contribution in [2.75, 3.05) is 5.32 Å². The Balaban J connectivity index is 1.56. The first-order valence-electron chi connectivity index (χ1n) is 7.38. The number of rotatable bonds is 5. The van der Waals surface area contributed by atoms with Crippen LogP contribution >= 0.6 is 0 Å². The molecule has 0 aliphatic rings. The van der Waals surface area contributed by atoms with Crippen LogP contribution in [-0.4, -0.2) is 30.9 Å². The maximum Gasteiger partial charge on any atom is 0.226 e. The number of H-pyrrole nitrogens is 1. The van der Waals surface area contributed by atoms with Gasteiger partial charge in [0.05, 0.1) is 6.20 Å². The Bertz CT molecular complexity index is 802. The zero-order valence-electron chi connectivity index (χ0n) is 13.1. The molecule has 2 heterocycles. The zero-order chi connectivity index (χ0) is 16.2. The molecule has 0 spiro atoms. The van der Waals surface area contributed by atoms with Crippen molar-refractivity contribution in [2.24, 2.45) is 0 Å². The minimum absolute atomic E-state index is 0.0420. The van der Waals surface area contributed by atoms with E-state index in [2.05, 4.69) is 25.6 Å². The van der Waals surface area contributed by atoms with Crippen LogP contribution in [0.5, 0.6) is 0 Å². The molecule has 7 heteroatoms. The lowest BCUT2D eigenvalue weighted by molar-refractivity contribution is -0.116. The van der Waals surface area contributed by atoms with Gasteiger partial charge in [0, 0.05) is 30.4 Å².